The summed E-state index contributed by atoms with van der Waals surface area (Å²) in [4.78, 5) is 23.5. The first kappa shape index (κ1) is 20.6. The van der Waals surface area contributed by atoms with Crippen LogP contribution in [-0.2, 0) is 11.2 Å². The molecule has 2 aromatic rings. The summed E-state index contributed by atoms with van der Waals surface area (Å²) in [6, 6.07) is 14.7. The zero-order valence-electron chi connectivity index (χ0n) is 16.5. The second-order valence-electron chi connectivity index (χ2n) is 7.38. The van der Waals surface area contributed by atoms with Gasteiger partial charge >= 0.3 is 0 Å². The number of amides is 2. The topological polar surface area (TPSA) is 84.2 Å². The van der Waals surface area contributed by atoms with Crippen LogP contribution in [0.25, 0.3) is 0 Å². The molecule has 0 aliphatic rings. The molecule has 2 rings (SSSR count). The first-order valence-electron chi connectivity index (χ1n) is 9.32. The van der Waals surface area contributed by atoms with Crippen LogP contribution in [0.4, 0.5) is 5.69 Å². The SMILES string of the molecule is CC(C)Cc1ccc([C@H](C)N[C@H](C)C(=O)Nc2ccc(C(N)=O)cc2)cc1. The molecule has 0 aromatic heterocycles. The average Bonchev–Trinajstić information content (AvgIpc) is 2.62. The van der Waals surface area contributed by atoms with Crippen molar-refractivity contribution in [2.75, 3.05) is 5.32 Å². The van der Waals surface area contributed by atoms with Crippen LogP contribution in [0, 0.1) is 5.92 Å². The molecular formula is C22H29N3O2. The Hall–Kier alpha value is -2.66. The van der Waals surface area contributed by atoms with E-state index in [1.807, 2.05) is 13.8 Å². The standard InChI is InChI=1S/C22H29N3O2/c1-14(2)13-17-5-7-18(8-6-17)15(3)24-16(4)22(27)25-20-11-9-19(10-12-20)21(23)26/h5-12,14-16,24H,13H2,1-4H3,(H2,23,26)(H,25,27)/t15-,16+/m0/s1. The molecule has 2 amide bonds. The molecule has 5 nitrogen and oxygen atoms in total. The quantitative estimate of drug-likeness (QED) is 0.666. The third kappa shape index (κ3) is 6.22. The summed E-state index contributed by atoms with van der Waals surface area (Å²) in [7, 11) is 0. The Morgan fingerprint density at radius 1 is 0.926 bits per heavy atom. The van der Waals surface area contributed by atoms with E-state index in [0.717, 1.165) is 12.0 Å². The Morgan fingerprint density at radius 2 is 1.52 bits per heavy atom. The third-order valence-corrected chi connectivity index (χ3v) is 4.45. The average molecular weight is 367 g/mol. The van der Waals surface area contributed by atoms with E-state index in [2.05, 4.69) is 48.7 Å². The van der Waals surface area contributed by atoms with Gasteiger partial charge in [0.15, 0.2) is 0 Å². The molecule has 0 fully saturated rings. The lowest BCUT2D eigenvalue weighted by Gasteiger charge is -2.20. The first-order valence-corrected chi connectivity index (χ1v) is 9.32. The van der Waals surface area contributed by atoms with Crippen LogP contribution in [0.5, 0.6) is 0 Å². The van der Waals surface area contributed by atoms with Crippen molar-refractivity contribution in [1.29, 1.82) is 0 Å². The Balaban J connectivity index is 1.91. The van der Waals surface area contributed by atoms with Gasteiger partial charge in [-0.15, -0.1) is 0 Å². The predicted octanol–water partition coefficient (Wildman–Crippen LogP) is 3.66. The molecule has 0 spiro atoms. The minimum atomic E-state index is -0.490. The molecule has 5 heteroatoms. The van der Waals surface area contributed by atoms with E-state index in [1.54, 1.807) is 24.3 Å². The summed E-state index contributed by atoms with van der Waals surface area (Å²) in [6.45, 7) is 8.29. The van der Waals surface area contributed by atoms with E-state index in [4.69, 9.17) is 5.73 Å². The van der Waals surface area contributed by atoms with Crippen molar-refractivity contribution in [3.8, 4) is 0 Å². The lowest BCUT2D eigenvalue weighted by atomic mass is 9.99. The highest BCUT2D eigenvalue weighted by Crippen LogP contribution is 2.17. The highest BCUT2D eigenvalue weighted by Gasteiger charge is 2.16. The molecule has 2 atom stereocenters. The van der Waals surface area contributed by atoms with E-state index in [9.17, 15) is 9.59 Å². The van der Waals surface area contributed by atoms with Crippen molar-refractivity contribution < 1.29 is 9.59 Å². The maximum Gasteiger partial charge on any atom is 0.248 e. The van der Waals surface area contributed by atoms with Gasteiger partial charge in [-0.25, -0.2) is 0 Å². The number of nitrogens with one attached hydrogen (secondary N) is 2. The van der Waals surface area contributed by atoms with E-state index < -0.39 is 5.91 Å². The summed E-state index contributed by atoms with van der Waals surface area (Å²) in [5.74, 6) is 0.00778. The molecule has 0 aliphatic heterocycles. The zero-order chi connectivity index (χ0) is 20.0. The number of rotatable bonds is 8. The van der Waals surface area contributed by atoms with Crippen LogP contribution in [0.3, 0.4) is 0 Å². The van der Waals surface area contributed by atoms with Crippen LogP contribution in [-0.4, -0.2) is 17.9 Å². The maximum atomic E-state index is 12.4. The fourth-order valence-electron chi connectivity index (χ4n) is 2.93. The first-order chi connectivity index (χ1) is 12.8. The van der Waals surface area contributed by atoms with E-state index in [-0.39, 0.29) is 18.0 Å². The van der Waals surface area contributed by atoms with Crippen molar-refractivity contribution in [2.24, 2.45) is 11.7 Å². The molecule has 27 heavy (non-hydrogen) atoms. The van der Waals surface area contributed by atoms with Crippen molar-refractivity contribution in [2.45, 2.75) is 46.2 Å². The highest BCUT2D eigenvalue weighted by molar-refractivity contribution is 5.96. The van der Waals surface area contributed by atoms with Gasteiger partial charge in [0.25, 0.3) is 0 Å². The molecule has 0 bridgehead atoms. The van der Waals surface area contributed by atoms with Crippen molar-refractivity contribution in [3.05, 3.63) is 65.2 Å². The van der Waals surface area contributed by atoms with Crippen LogP contribution < -0.4 is 16.4 Å². The van der Waals surface area contributed by atoms with Crippen molar-refractivity contribution >= 4 is 17.5 Å². The number of hydrogen-bond donors (Lipinski definition) is 3. The molecule has 2 aromatic carbocycles. The lowest BCUT2D eigenvalue weighted by Crippen LogP contribution is -2.39. The molecule has 0 saturated carbocycles. The summed E-state index contributed by atoms with van der Waals surface area (Å²) in [5.41, 5.74) is 8.73. The summed E-state index contributed by atoms with van der Waals surface area (Å²) >= 11 is 0. The van der Waals surface area contributed by atoms with Crippen LogP contribution in [0.15, 0.2) is 48.5 Å². The lowest BCUT2D eigenvalue weighted by molar-refractivity contribution is -0.117. The molecule has 0 saturated heterocycles. The fraction of sp³-hybridized carbons (Fsp3) is 0.364. The van der Waals surface area contributed by atoms with Gasteiger partial charge in [-0.2, -0.15) is 0 Å². The third-order valence-electron chi connectivity index (χ3n) is 4.45. The van der Waals surface area contributed by atoms with E-state index in [1.165, 1.54) is 5.56 Å². The molecule has 144 valence electrons. The number of benzene rings is 2. The molecule has 0 heterocycles. The number of carbonyl (C=O) groups excluding carboxylic acids is 2. The minimum Gasteiger partial charge on any atom is -0.366 e. The molecule has 0 radical (unpaired) electrons. The molecule has 0 unspecified atom stereocenters. The van der Waals surface area contributed by atoms with Gasteiger partial charge < -0.3 is 11.1 Å². The Morgan fingerprint density at radius 3 is 2.04 bits per heavy atom. The van der Waals surface area contributed by atoms with E-state index in [0.29, 0.717) is 17.2 Å². The molecule has 0 aliphatic carbocycles. The second-order valence-corrected chi connectivity index (χ2v) is 7.38. The monoisotopic (exact) mass is 367 g/mol. The smallest absolute Gasteiger partial charge is 0.248 e. The Bertz CT molecular complexity index is 767. The Labute approximate surface area is 161 Å². The van der Waals surface area contributed by atoms with Crippen molar-refractivity contribution in [1.82, 2.24) is 5.32 Å². The number of primary amides is 1. The largest absolute Gasteiger partial charge is 0.366 e. The highest BCUT2D eigenvalue weighted by atomic mass is 16.2. The molecular weight excluding hydrogens is 338 g/mol. The normalized spacial score (nSPS) is 13.2. The number of carbonyl (C=O) groups is 2. The minimum absolute atomic E-state index is 0.0519. The van der Waals surface area contributed by atoms with Gasteiger partial charge in [0.2, 0.25) is 11.8 Å². The fourth-order valence-corrected chi connectivity index (χ4v) is 2.93. The predicted molar refractivity (Wildman–Crippen MR) is 110 cm³/mol. The number of hydrogen-bond acceptors (Lipinski definition) is 3. The van der Waals surface area contributed by atoms with Gasteiger partial charge in [0.05, 0.1) is 6.04 Å². The van der Waals surface area contributed by atoms with Crippen LogP contribution in [0.2, 0.25) is 0 Å². The van der Waals surface area contributed by atoms with Crippen molar-refractivity contribution in [3.63, 3.8) is 0 Å². The summed E-state index contributed by atoms with van der Waals surface area (Å²) < 4.78 is 0. The summed E-state index contributed by atoms with van der Waals surface area (Å²) in [5, 5.41) is 6.16. The van der Waals surface area contributed by atoms with Gasteiger partial charge in [0, 0.05) is 17.3 Å². The van der Waals surface area contributed by atoms with Gasteiger partial charge in [-0.3, -0.25) is 14.9 Å². The second kappa shape index (κ2) is 9.33. The Kier molecular flexibility index (Phi) is 7.13. The van der Waals surface area contributed by atoms with Gasteiger partial charge in [-0.05, 0) is 61.6 Å². The van der Waals surface area contributed by atoms with Gasteiger partial charge in [-0.1, -0.05) is 38.1 Å². The maximum absolute atomic E-state index is 12.4. The zero-order valence-corrected chi connectivity index (χ0v) is 16.5. The van der Waals surface area contributed by atoms with Crippen LogP contribution >= 0.6 is 0 Å². The van der Waals surface area contributed by atoms with Crippen LogP contribution in [0.1, 0.15) is 55.2 Å². The number of nitrogens with two attached hydrogens (primary N) is 1. The van der Waals surface area contributed by atoms with Gasteiger partial charge in [0.1, 0.15) is 0 Å². The van der Waals surface area contributed by atoms with E-state index >= 15 is 0 Å². The molecule has 4 N–H and O–H groups in total. The summed E-state index contributed by atoms with van der Waals surface area (Å²) in [6.07, 6.45) is 1.06. The number of anilines is 1.